The number of nitrogens with zero attached hydrogens (tertiary/aromatic N) is 1. The lowest BCUT2D eigenvalue weighted by Crippen LogP contribution is -2.40. The monoisotopic (exact) mass is 251 g/mol. The first kappa shape index (κ1) is 12.5. The molecule has 1 aliphatic rings. The van der Waals surface area contributed by atoms with Crippen LogP contribution in [-0.2, 0) is 6.54 Å². The van der Waals surface area contributed by atoms with Crippen molar-refractivity contribution in [1.29, 1.82) is 0 Å². The standard InChI is InChI=1S/C12H17N3O3/c1-2-9(12(13)15-16)14-6-8-3-4-10-11(5-8)18-7-17-10/h3-5,9,14,16H,2,6-7H2,1H3,(H2,13,15). The largest absolute Gasteiger partial charge is 0.454 e. The Labute approximate surface area is 105 Å². The lowest BCUT2D eigenvalue weighted by molar-refractivity contribution is 0.174. The number of hydrogen-bond acceptors (Lipinski definition) is 5. The Morgan fingerprint density at radius 3 is 3.00 bits per heavy atom. The number of ether oxygens (including phenoxy) is 2. The minimum Gasteiger partial charge on any atom is -0.454 e. The Kier molecular flexibility index (Phi) is 3.88. The predicted octanol–water partition coefficient (Wildman–Crippen LogP) is 1.03. The van der Waals surface area contributed by atoms with E-state index < -0.39 is 0 Å². The molecule has 1 aromatic carbocycles. The van der Waals surface area contributed by atoms with Gasteiger partial charge in [-0.3, -0.25) is 0 Å². The Balaban J connectivity index is 1.97. The second-order valence-corrected chi connectivity index (χ2v) is 4.05. The molecule has 1 atom stereocenters. The first-order chi connectivity index (χ1) is 8.74. The molecule has 1 unspecified atom stereocenters. The van der Waals surface area contributed by atoms with Gasteiger partial charge in [0.2, 0.25) is 6.79 Å². The van der Waals surface area contributed by atoms with Crippen molar-refractivity contribution >= 4 is 5.84 Å². The Hall–Kier alpha value is -1.95. The molecule has 0 spiro atoms. The summed E-state index contributed by atoms with van der Waals surface area (Å²) in [6, 6.07) is 5.62. The Bertz CT molecular complexity index is 448. The van der Waals surface area contributed by atoms with Gasteiger partial charge in [0.15, 0.2) is 17.3 Å². The Morgan fingerprint density at radius 1 is 1.50 bits per heavy atom. The zero-order valence-corrected chi connectivity index (χ0v) is 10.2. The quantitative estimate of drug-likeness (QED) is 0.315. The lowest BCUT2D eigenvalue weighted by Gasteiger charge is -2.15. The van der Waals surface area contributed by atoms with E-state index >= 15 is 0 Å². The van der Waals surface area contributed by atoms with Gasteiger partial charge in [0, 0.05) is 6.54 Å². The van der Waals surface area contributed by atoms with Gasteiger partial charge in [0.25, 0.3) is 0 Å². The Morgan fingerprint density at radius 2 is 2.28 bits per heavy atom. The van der Waals surface area contributed by atoms with Crippen LogP contribution in [0.5, 0.6) is 11.5 Å². The summed E-state index contributed by atoms with van der Waals surface area (Å²) in [4.78, 5) is 0. The van der Waals surface area contributed by atoms with E-state index in [1.165, 1.54) is 0 Å². The molecule has 0 radical (unpaired) electrons. The van der Waals surface area contributed by atoms with E-state index in [9.17, 15) is 0 Å². The van der Waals surface area contributed by atoms with Crippen molar-refractivity contribution in [3.63, 3.8) is 0 Å². The molecule has 4 N–H and O–H groups in total. The zero-order valence-electron chi connectivity index (χ0n) is 10.2. The van der Waals surface area contributed by atoms with Crippen LogP contribution < -0.4 is 20.5 Å². The number of amidine groups is 1. The van der Waals surface area contributed by atoms with Crippen molar-refractivity contribution in [2.75, 3.05) is 6.79 Å². The summed E-state index contributed by atoms with van der Waals surface area (Å²) in [6.45, 7) is 2.86. The highest BCUT2D eigenvalue weighted by Crippen LogP contribution is 2.32. The van der Waals surface area contributed by atoms with Crippen molar-refractivity contribution in [2.45, 2.75) is 25.9 Å². The highest BCUT2D eigenvalue weighted by Gasteiger charge is 2.14. The van der Waals surface area contributed by atoms with Crippen LogP contribution in [0, 0.1) is 0 Å². The summed E-state index contributed by atoms with van der Waals surface area (Å²) >= 11 is 0. The van der Waals surface area contributed by atoms with E-state index in [2.05, 4.69) is 10.5 Å². The van der Waals surface area contributed by atoms with Crippen molar-refractivity contribution in [3.8, 4) is 11.5 Å². The van der Waals surface area contributed by atoms with Gasteiger partial charge in [-0.1, -0.05) is 18.1 Å². The molecule has 1 aromatic rings. The van der Waals surface area contributed by atoms with E-state index in [0.29, 0.717) is 6.54 Å². The number of rotatable bonds is 5. The topological polar surface area (TPSA) is 89.1 Å². The maximum atomic E-state index is 8.65. The van der Waals surface area contributed by atoms with Gasteiger partial charge >= 0.3 is 0 Å². The molecule has 6 heteroatoms. The molecule has 98 valence electrons. The van der Waals surface area contributed by atoms with Gasteiger partial charge in [-0.2, -0.15) is 0 Å². The fourth-order valence-corrected chi connectivity index (χ4v) is 1.82. The minimum atomic E-state index is -0.138. The van der Waals surface area contributed by atoms with Crippen molar-refractivity contribution < 1.29 is 14.7 Å². The number of nitrogens with two attached hydrogens (primary N) is 1. The van der Waals surface area contributed by atoms with Gasteiger partial charge in [0.1, 0.15) is 0 Å². The van der Waals surface area contributed by atoms with Crippen LogP contribution in [0.1, 0.15) is 18.9 Å². The number of nitrogens with one attached hydrogen (secondary N) is 1. The van der Waals surface area contributed by atoms with Crippen LogP contribution in [0.4, 0.5) is 0 Å². The van der Waals surface area contributed by atoms with E-state index in [1.54, 1.807) is 0 Å². The fourth-order valence-electron chi connectivity index (χ4n) is 1.82. The van der Waals surface area contributed by atoms with Crippen LogP contribution in [0.2, 0.25) is 0 Å². The smallest absolute Gasteiger partial charge is 0.231 e. The summed E-state index contributed by atoms with van der Waals surface area (Å²) in [6.07, 6.45) is 0.750. The van der Waals surface area contributed by atoms with E-state index in [1.807, 2.05) is 25.1 Å². The fraction of sp³-hybridized carbons (Fsp3) is 0.417. The molecule has 0 aliphatic carbocycles. The molecule has 18 heavy (non-hydrogen) atoms. The molecular weight excluding hydrogens is 234 g/mol. The van der Waals surface area contributed by atoms with Gasteiger partial charge in [-0.25, -0.2) is 0 Å². The number of oxime groups is 1. The summed E-state index contributed by atoms with van der Waals surface area (Å²) in [5, 5.41) is 14.9. The van der Waals surface area contributed by atoms with E-state index in [0.717, 1.165) is 23.5 Å². The van der Waals surface area contributed by atoms with Crippen LogP contribution in [-0.4, -0.2) is 23.9 Å². The molecule has 0 aromatic heterocycles. The van der Waals surface area contributed by atoms with Gasteiger partial charge in [-0.15, -0.1) is 0 Å². The van der Waals surface area contributed by atoms with Gasteiger partial charge < -0.3 is 25.7 Å². The molecule has 0 amide bonds. The first-order valence-corrected chi connectivity index (χ1v) is 5.84. The molecule has 0 saturated heterocycles. The van der Waals surface area contributed by atoms with Gasteiger partial charge in [-0.05, 0) is 24.1 Å². The normalized spacial score (nSPS) is 15.7. The molecule has 2 rings (SSSR count). The second kappa shape index (κ2) is 5.59. The van der Waals surface area contributed by atoms with Crippen molar-refractivity contribution in [2.24, 2.45) is 10.9 Å². The predicted molar refractivity (Wildman–Crippen MR) is 66.9 cm³/mol. The van der Waals surface area contributed by atoms with E-state index in [-0.39, 0.29) is 18.7 Å². The lowest BCUT2D eigenvalue weighted by atomic mass is 10.1. The summed E-state index contributed by atoms with van der Waals surface area (Å²) in [5.41, 5.74) is 6.63. The number of hydrogen-bond donors (Lipinski definition) is 3. The molecule has 0 bridgehead atoms. The van der Waals surface area contributed by atoms with Crippen LogP contribution >= 0.6 is 0 Å². The average Bonchev–Trinajstić information content (AvgIpc) is 2.86. The first-order valence-electron chi connectivity index (χ1n) is 5.84. The van der Waals surface area contributed by atoms with Crippen LogP contribution in [0.3, 0.4) is 0 Å². The summed E-state index contributed by atoms with van der Waals surface area (Å²) in [7, 11) is 0. The minimum absolute atomic E-state index is 0.138. The number of fused-ring (bicyclic) bond motifs is 1. The molecule has 1 aliphatic heterocycles. The van der Waals surface area contributed by atoms with Crippen molar-refractivity contribution in [3.05, 3.63) is 23.8 Å². The summed E-state index contributed by atoms with van der Waals surface area (Å²) < 4.78 is 10.5. The number of benzene rings is 1. The molecule has 1 heterocycles. The third-order valence-corrected chi connectivity index (χ3v) is 2.87. The highest BCUT2D eigenvalue weighted by molar-refractivity contribution is 5.85. The SMILES string of the molecule is CCC(NCc1ccc2c(c1)OCO2)C(N)=NO. The maximum Gasteiger partial charge on any atom is 0.231 e. The highest BCUT2D eigenvalue weighted by atomic mass is 16.7. The van der Waals surface area contributed by atoms with Crippen LogP contribution in [0.25, 0.3) is 0 Å². The molecule has 6 nitrogen and oxygen atoms in total. The van der Waals surface area contributed by atoms with E-state index in [4.69, 9.17) is 20.4 Å². The second-order valence-electron chi connectivity index (χ2n) is 4.05. The molecular formula is C12H17N3O3. The summed E-state index contributed by atoms with van der Waals surface area (Å²) in [5.74, 6) is 1.71. The van der Waals surface area contributed by atoms with Crippen molar-refractivity contribution in [1.82, 2.24) is 5.32 Å². The van der Waals surface area contributed by atoms with Crippen LogP contribution in [0.15, 0.2) is 23.4 Å². The third kappa shape index (κ3) is 2.65. The third-order valence-electron chi connectivity index (χ3n) is 2.87. The average molecular weight is 251 g/mol. The van der Waals surface area contributed by atoms with Gasteiger partial charge in [0.05, 0.1) is 6.04 Å². The molecule has 0 fully saturated rings. The molecule has 0 saturated carbocycles. The maximum absolute atomic E-state index is 8.65. The zero-order chi connectivity index (χ0) is 13.0.